The maximum absolute atomic E-state index is 10.0. The SMILES string of the molecule is N[C@H](c1c(Br)ccc(Cl)c1O)C1CCCCC1. The highest BCUT2D eigenvalue weighted by atomic mass is 79.9. The molecule has 0 spiro atoms. The van der Waals surface area contributed by atoms with E-state index in [-0.39, 0.29) is 11.8 Å². The normalized spacial score (nSPS) is 19.2. The quantitative estimate of drug-likeness (QED) is 0.849. The third-order valence-corrected chi connectivity index (χ3v) is 4.60. The van der Waals surface area contributed by atoms with Gasteiger partial charge in [0.15, 0.2) is 0 Å². The first-order chi connectivity index (χ1) is 8.11. The summed E-state index contributed by atoms with van der Waals surface area (Å²) in [5.74, 6) is 0.573. The van der Waals surface area contributed by atoms with E-state index in [9.17, 15) is 5.11 Å². The van der Waals surface area contributed by atoms with Crippen LogP contribution in [-0.4, -0.2) is 5.11 Å². The minimum atomic E-state index is -0.136. The predicted octanol–water partition coefficient (Wildman–Crippen LogP) is 4.39. The Bertz CT molecular complexity index is 405. The Labute approximate surface area is 115 Å². The summed E-state index contributed by atoms with van der Waals surface area (Å²) in [4.78, 5) is 0. The second-order valence-corrected chi connectivity index (χ2v) is 5.98. The Morgan fingerprint density at radius 3 is 2.59 bits per heavy atom. The molecule has 0 saturated heterocycles. The molecular formula is C13H17BrClNO. The van der Waals surface area contributed by atoms with E-state index in [4.69, 9.17) is 17.3 Å². The van der Waals surface area contributed by atoms with Gasteiger partial charge in [0.2, 0.25) is 0 Å². The molecule has 1 atom stereocenters. The van der Waals surface area contributed by atoms with Crippen molar-refractivity contribution in [3.8, 4) is 5.75 Å². The summed E-state index contributed by atoms with van der Waals surface area (Å²) >= 11 is 9.39. The number of rotatable bonds is 2. The van der Waals surface area contributed by atoms with Gasteiger partial charge in [0.05, 0.1) is 5.02 Å². The highest BCUT2D eigenvalue weighted by Crippen LogP contribution is 2.42. The average Bonchev–Trinajstić information content (AvgIpc) is 2.35. The zero-order chi connectivity index (χ0) is 12.4. The number of phenolic OH excluding ortho intramolecular Hbond substituents is 1. The highest BCUT2D eigenvalue weighted by Gasteiger charge is 2.26. The van der Waals surface area contributed by atoms with Crippen LogP contribution >= 0.6 is 27.5 Å². The smallest absolute Gasteiger partial charge is 0.140 e. The van der Waals surface area contributed by atoms with Crippen LogP contribution in [0.4, 0.5) is 0 Å². The number of hydrogen-bond donors (Lipinski definition) is 2. The second-order valence-electron chi connectivity index (χ2n) is 4.72. The van der Waals surface area contributed by atoms with E-state index in [1.807, 2.05) is 6.07 Å². The number of halogens is 2. The lowest BCUT2D eigenvalue weighted by atomic mass is 9.81. The van der Waals surface area contributed by atoms with Crippen molar-refractivity contribution in [1.29, 1.82) is 0 Å². The molecule has 0 bridgehead atoms. The fourth-order valence-electron chi connectivity index (χ4n) is 2.60. The Hall–Kier alpha value is -0.250. The number of nitrogens with two attached hydrogens (primary N) is 1. The summed E-state index contributed by atoms with van der Waals surface area (Å²) < 4.78 is 0.845. The third kappa shape index (κ3) is 2.78. The van der Waals surface area contributed by atoms with Gasteiger partial charge in [0.1, 0.15) is 5.75 Å². The number of aromatic hydroxyl groups is 1. The van der Waals surface area contributed by atoms with Crippen molar-refractivity contribution in [2.45, 2.75) is 38.1 Å². The minimum Gasteiger partial charge on any atom is -0.506 e. The van der Waals surface area contributed by atoms with E-state index >= 15 is 0 Å². The summed E-state index contributed by atoms with van der Waals surface area (Å²) in [6.45, 7) is 0. The molecule has 0 unspecified atom stereocenters. The molecule has 0 aromatic heterocycles. The molecule has 2 rings (SSSR count). The summed E-state index contributed by atoms with van der Waals surface area (Å²) in [7, 11) is 0. The standard InChI is InChI=1S/C13H17BrClNO/c14-9-6-7-10(15)13(17)11(9)12(16)8-4-2-1-3-5-8/h6-8,12,17H,1-5,16H2/t12-/m0/s1. The molecule has 1 aliphatic rings. The van der Waals surface area contributed by atoms with Gasteiger partial charge < -0.3 is 10.8 Å². The van der Waals surface area contributed by atoms with Gasteiger partial charge in [-0.25, -0.2) is 0 Å². The van der Waals surface area contributed by atoms with E-state index in [1.54, 1.807) is 6.07 Å². The fourth-order valence-corrected chi connectivity index (χ4v) is 3.35. The Kier molecular flexibility index (Phi) is 4.34. The third-order valence-electron chi connectivity index (χ3n) is 3.61. The van der Waals surface area contributed by atoms with Gasteiger partial charge in [-0.05, 0) is 30.9 Å². The van der Waals surface area contributed by atoms with Crippen molar-refractivity contribution < 1.29 is 5.11 Å². The van der Waals surface area contributed by atoms with E-state index in [1.165, 1.54) is 19.3 Å². The topological polar surface area (TPSA) is 46.2 Å². The molecular weight excluding hydrogens is 302 g/mol. The molecule has 1 aromatic carbocycles. The molecule has 1 fully saturated rings. The summed E-state index contributed by atoms with van der Waals surface area (Å²) in [6, 6.07) is 3.39. The Morgan fingerprint density at radius 1 is 1.29 bits per heavy atom. The van der Waals surface area contributed by atoms with Crippen LogP contribution in [0.1, 0.15) is 43.7 Å². The zero-order valence-electron chi connectivity index (χ0n) is 9.63. The zero-order valence-corrected chi connectivity index (χ0v) is 12.0. The molecule has 17 heavy (non-hydrogen) atoms. The lowest BCUT2D eigenvalue weighted by Gasteiger charge is -2.29. The average molecular weight is 319 g/mol. The van der Waals surface area contributed by atoms with E-state index in [0.717, 1.165) is 22.9 Å². The number of hydrogen-bond acceptors (Lipinski definition) is 2. The van der Waals surface area contributed by atoms with Crippen molar-refractivity contribution in [3.05, 3.63) is 27.2 Å². The maximum atomic E-state index is 10.0. The lowest BCUT2D eigenvalue weighted by molar-refractivity contribution is 0.302. The molecule has 1 aromatic rings. The Morgan fingerprint density at radius 2 is 1.94 bits per heavy atom. The molecule has 1 aliphatic carbocycles. The molecule has 4 heteroatoms. The van der Waals surface area contributed by atoms with Crippen LogP contribution in [0.25, 0.3) is 0 Å². The van der Waals surface area contributed by atoms with Crippen molar-refractivity contribution >= 4 is 27.5 Å². The first-order valence-corrected chi connectivity index (χ1v) is 7.21. The summed E-state index contributed by atoms with van der Waals surface area (Å²) in [5, 5.41) is 10.4. The van der Waals surface area contributed by atoms with Gasteiger partial charge in [-0.1, -0.05) is 46.8 Å². The van der Waals surface area contributed by atoms with Gasteiger partial charge in [-0.3, -0.25) is 0 Å². The fraction of sp³-hybridized carbons (Fsp3) is 0.538. The summed E-state index contributed by atoms with van der Waals surface area (Å²) in [5.41, 5.74) is 7.05. The predicted molar refractivity (Wildman–Crippen MR) is 74.3 cm³/mol. The largest absolute Gasteiger partial charge is 0.506 e. The second kappa shape index (κ2) is 5.59. The molecule has 2 nitrogen and oxygen atoms in total. The van der Waals surface area contributed by atoms with Gasteiger partial charge in [0, 0.05) is 16.1 Å². The van der Waals surface area contributed by atoms with Crippen LogP contribution in [0.5, 0.6) is 5.75 Å². The van der Waals surface area contributed by atoms with E-state index in [2.05, 4.69) is 15.9 Å². The summed E-state index contributed by atoms with van der Waals surface area (Å²) in [6.07, 6.45) is 6.04. The molecule has 0 radical (unpaired) electrons. The van der Waals surface area contributed by atoms with Crippen molar-refractivity contribution in [2.75, 3.05) is 0 Å². The van der Waals surface area contributed by atoms with Crippen LogP contribution < -0.4 is 5.73 Å². The molecule has 1 saturated carbocycles. The first-order valence-electron chi connectivity index (χ1n) is 6.03. The number of benzene rings is 1. The van der Waals surface area contributed by atoms with Gasteiger partial charge in [0.25, 0.3) is 0 Å². The molecule has 0 aliphatic heterocycles. The van der Waals surface area contributed by atoms with Crippen LogP contribution in [0.2, 0.25) is 5.02 Å². The van der Waals surface area contributed by atoms with Crippen molar-refractivity contribution in [1.82, 2.24) is 0 Å². The molecule has 0 amide bonds. The monoisotopic (exact) mass is 317 g/mol. The first kappa shape index (κ1) is 13.2. The molecule has 3 N–H and O–H groups in total. The van der Waals surface area contributed by atoms with E-state index < -0.39 is 0 Å². The van der Waals surface area contributed by atoms with Crippen LogP contribution in [0.3, 0.4) is 0 Å². The maximum Gasteiger partial charge on any atom is 0.140 e. The van der Waals surface area contributed by atoms with Crippen molar-refractivity contribution in [3.63, 3.8) is 0 Å². The van der Waals surface area contributed by atoms with Gasteiger partial charge in [-0.2, -0.15) is 0 Å². The number of phenols is 1. The van der Waals surface area contributed by atoms with Gasteiger partial charge in [-0.15, -0.1) is 0 Å². The highest BCUT2D eigenvalue weighted by molar-refractivity contribution is 9.10. The van der Waals surface area contributed by atoms with Gasteiger partial charge >= 0.3 is 0 Å². The lowest BCUT2D eigenvalue weighted by Crippen LogP contribution is -2.24. The Balaban J connectivity index is 2.29. The molecule has 0 heterocycles. The van der Waals surface area contributed by atoms with E-state index in [0.29, 0.717) is 10.9 Å². The van der Waals surface area contributed by atoms with Crippen LogP contribution in [0, 0.1) is 5.92 Å². The minimum absolute atomic E-state index is 0.124. The van der Waals surface area contributed by atoms with Crippen molar-refractivity contribution in [2.24, 2.45) is 11.7 Å². The molecule has 94 valence electrons. The van der Waals surface area contributed by atoms with Crippen LogP contribution in [-0.2, 0) is 0 Å². The van der Waals surface area contributed by atoms with Crippen LogP contribution in [0.15, 0.2) is 16.6 Å².